The van der Waals surface area contributed by atoms with E-state index >= 15 is 0 Å². The summed E-state index contributed by atoms with van der Waals surface area (Å²) in [4.78, 5) is 6.50. The number of hydrogen-bond acceptors (Lipinski definition) is 3. The Morgan fingerprint density at radius 3 is 2.81 bits per heavy atom. The summed E-state index contributed by atoms with van der Waals surface area (Å²) < 4.78 is 27.2. The largest absolute Gasteiger partial charge is 0.367 e. The van der Waals surface area contributed by atoms with Crippen LogP contribution in [0, 0.1) is 11.6 Å². The third kappa shape index (κ3) is 2.75. The Labute approximate surface area is 124 Å². The standard InChI is InChI=1S/C16H21F2N3/c1-12-6-8-21(11-19(12)2)13-7-9-20(10-13)15-5-3-4-14(17)16(15)18/h3-6,8,12-13H,7,9-11H2,1-2H3. The minimum Gasteiger partial charge on any atom is -0.367 e. The number of halogens is 2. The van der Waals surface area contributed by atoms with Gasteiger partial charge in [-0.15, -0.1) is 0 Å². The summed E-state index contributed by atoms with van der Waals surface area (Å²) >= 11 is 0. The average Bonchev–Trinajstić information content (AvgIpc) is 2.94. The summed E-state index contributed by atoms with van der Waals surface area (Å²) in [6, 6.07) is 5.17. The van der Waals surface area contributed by atoms with Crippen LogP contribution in [0.2, 0.25) is 0 Å². The summed E-state index contributed by atoms with van der Waals surface area (Å²) in [7, 11) is 2.10. The van der Waals surface area contributed by atoms with E-state index in [1.165, 1.54) is 0 Å². The number of anilines is 1. The fourth-order valence-corrected chi connectivity index (χ4v) is 3.02. The fourth-order valence-electron chi connectivity index (χ4n) is 3.02. The predicted octanol–water partition coefficient (Wildman–Crippen LogP) is 2.65. The summed E-state index contributed by atoms with van der Waals surface area (Å²) in [6.45, 7) is 4.53. The molecule has 1 aromatic carbocycles. The van der Waals surface area contributed by atoms with Gasteiger partial charge in [-0.2, -0.15) is 0 Å². The molecule has 0 spiro atoms. The molecule has 5 heteroatoms. The Hall–Kier alpha value is -1.62. The molecule has 2 unspecified atom stereocenters. The monoisotopic (exact) mass is 293 g/mol. The molecule has 2 aliphatic rings. The molecule has 2 atom stereocenters. The van der Waals surface area contributed by atoms with Crippen molar-refractivity contribution in [2.24, 2.45) is 0 Å². The van der Waals surface area contributed by atoms with Crippen molar-refractivity contribution >= 4 is 5.69 Å². The Morgan fingerprint density at radius 1 is 1.24 bits per heavy atom. The predicted molar refractivity (Wildman–Crippen MR) is 80.0 cm³/mol. The van der Waals surface area contributed by atoms with Gasteiger partial charge in [0.1, 0.15) is 0 Å². The van der Waals surface area contributed by atoms with Crippen molar-refractivity contribution in [2.75, 3.05) is 31.7 Å². The minimum absolute atomic E-state index is 0.346. The first kappa shape index (κ1) is 14.3. The smallest absolute Gasteiger partial charge is 0.182 e. The highest BCUT2D eigenvalue weighted by Crippen LogP contribution is 2.27. The lowest BCUT2D eigenvalue weighted by atomic mass is 10.2. The van der Waals surface area contributed by atoms with E-state index < -0.39 is 11.6 Å². The van der Waals surface area contributed by atoms with Crippen LogP contribution in [0.3, 0.4) is 0 Å². The quantitative estimate of drug-likeness (QED) is 0.830. The molecule has 0 N–H and O–H groups in total. The van der Waals surface area contributed by atoms with Crippen LogP contribution in [0.4, 0.5) is 14.5 Å². The average molecular weight is 293 g/mol. The van der Waals surface area contributed by atoms with Gasteiger partial charge in [-0.25, -0.2) is 8.78 Å². The van der Waals surface area contributed by atoms with Gasteiger partial charge in [0.05, 0.1) is 12.4 Å². The SMILES string of the molecule is CC1C=CN(C2CCN(c3cccc(F)c3F)C2)CN1C. The molecule has 0 saturated carbocycles. The topological polar surface area (TPSA) is 9.72 Å². The van der Waals surface area contributed by atoms with Crippen LogP contribution in [0.15, 0.2) is 30.5 Å². The van der Waals surface area contributed by atoms with Crippen molar-refractivity contribution in [1.29, 1.82) is 0 Å². The van der Waals surface area contributed by atoms with E-state index in [0.717, 1.165) is 32.2 Å². The van der Waals surface area contributed by atoms with Crippen LogP contribution < -0.4 is 4.90 Å². The second kappa shape index (κ2) is 5.64. The lowest BCUT2D eigenvalue weighted by molar-refractivity contribution is 0.133. The lowest BCUT2D eigenvalue weighted by Gasteiger charge is -2.37. The maximum absolute atomic E-state index is 13.9. The zero-order chi connectivity index (χ0) is 15.0. The van der Waals surface area contributed by atoms with Gasteiger partial charge >= 0.3 is 0 Å². The third-order valence-electron chi connectivity index (χ3n) is 4.54. The molecular weight excluding hydrogens is 272 g/mol. The first-order valence-corrected chi connectivity index (χ1v) is 7.39. The van der Waals surface area contributed by atoms with E-state index in [4.69, 9.17) is 0 Å². The lowest BCUT2D eigenvalue weighted by Crippen LogP contribution is -2.46. The zero-order valence-electron chi connectivity index (χ0n) is 12.5. The second-order valence-electron chi connectivity index (χ2n) is 5.96. The van der Waals surface area contributed by atoms with Gasteiger partial charge in [0.25, 0.3) is 0 Å². The molecule has 1 fully saturated rings. The van der Waals surface area contributed by atoms with Crippen LogP contribution in [0.5, 0.6) is 0 Å². The summed E-state index contributed by atoms with van der Waals surface area (Å²) in [5, 5.41) is 0. The molecule has 1 aromatic rings. The van der Waals surface area contributed by atoms with Gasteiger partial charge in [-0.3, -0.25) is 4.90 Å². The Kier molecular flexibility index (Phi) is 3.85. The molecule has 3 rings (SSSR count). The molecule has 2 heterocycles. The Morgan fingerprint density at radius 2 is 2.05 bits per heavy atom. The van der Waals surface area contributed by atoms with Crippen molar-refractivity contribution < 1.29 is 8.78 Å². The summed E-state index contributed by atoms with van der Waals surface area (Å²) in [5.74, 6) is -1.51. The zero-order valence-corrected chi connectivity index (χ0v) is 12.5. The molecule has 0 amide bonds. The molecule has 1 saturated heterocycles. The Balaban J connectivity index is 1.71. The molecule has 2 aliphatic heterocycles. The van der Waals surface area contributed by atoms with E-state index in [1.54, 1.807) is 12.1 Å². The minimum atomic E-state index is -0.776. The number of hydrogen-bond donors (Lipinski definition) is 0. The molecule has 21 heavy (non-hydrogen) atoms. The first-order chi connectivity index (χ1) is 10.1. The second-order valence-corrected chi connectivity index (χ2v) is 5.96. The maximum Gasteiger partial charge on any atom is 0.182 e. The van der Waals surface area contributed by atoms with Gasteiger partial charge in [0.2, 0.25) is 0 Å². The molecule has 114 valence electrons. The fraction of sp³-hybridized carbons (Fsp3) is 0.500. The molecular formula is C16H21F2N3. The Bertz CT molecular complexity index is 546. The van der Waals surface area contributed by atoms with E-state index in [-0.39, 0.29) is 0 Å². The van der Waals surface area contributed by atoms with Crippen LogP contribution >= 0.6 is 0 Å². The van der Waals surface area contributed by atoms with Crippen LogP contribution in [-0.2, 0) is 0 Å². The van der Waals surface area contributed by atoms with Crippen LogP contribution in [0.25, 0.3) is 0 Å². The summed E-state index contributed by atoms with van der Waals surface area (Å²) in [6.07, 6.45) is 5.28. The first-order valence-electron chi connectivity index (χ1n) is 7.39. The maximum atomic E-state index is 13.9. The van der Waals surface area contributed by atoms with Gasteiger partial charge < -0.3 is 9.80 Å². The van der Waals surface area contributed by atoms with Crippen molar-refractivity contribution in [3.63, 3.8) is 0 Å². The van der Waals surface area contributed by atoms with Crippen molar-refractivity contribution in [2.45, 2.75) is 25.4 Å². The van der Waals surface area contributed by atoms with Gasteiger partial charge in [0, 0.05) is 25.2 Å². The highest BCUT2D eigenvalue weighted by molar-refractivity contribution is 5.49. The van der Waals surface area contributed by atoms with E-state index in [2.05, 4.69) is 36.0 Å². The van der Waals surface area contributed by atoms with Crippen LogP contribution in [-0.4, -0.2) is 48.7 Å². The van der Waals surface area contributed by atoms with Crippen molar-refractivity contribution in [3.05, 3.63) is 42.1 Å². The molecule has 0 bridgehead atoms. The van der Waals surface area contributed by atoms with Crippen molar-refractivity contribution in [3.8, 4) is 0 Å². The normalized spacial score (nSPS) is 26.7. The number of likely N-dealkylation sites (N-methyl/N-ethyl adjacent to an activating group) is 1. The highest BCUT2D eigenvalue weighted by atomic mass is 19.2. The van der Waals surface area contributed by atoms with E-state index in [0.29, 0.717) is 17.8 Å². The molecule has 3 nitrogen and oxygen atoms in total. The molecule has 0 radical (unpaired) electrons. The highest BCUT2D eigenvalue weighted by Gasteiger charge is 2.30. The number of benzene rings is 1. The number of rotatable bonds is 2. The third-order valence-corrected chi connectivity index (χ3v) is 4.54. The van der Waals surface area contributed by atoms with E-state index in [9.17, 15) is 8.78 Å². The van der Waals surface area contributed by atoms with E-state index in [1.807, 2.05) is 4.90 Å². The summed E-state index contributed by atoms with van der Waals surface area (Å²) in [5.41, 5.74) is 0.375. The molecule has 0 aliphatic carbocycles. The van der Waals surface area contributed by atoms with Gasteiger partial charge in [-0.1, -0.05) is 12.1 Å². The van der Waals surface area contributed by atoms with Crippen molar-refractivity contribution in [1.82, 2.24) is 9.80 Å². The van der Waals surface area contributed by atoms with Gasteiger partial charge in [-0.05, 0) is 38.7 Å². The van der Waals surface area contributed by atoms with Gasteiger partial charge in [0.15, 0.2) is 11.6 Å². The molecule has 0 aromatic heterocycles. The number of nitrogens with zero attached hydrogens (tertiary/aromatic N) is 3. The van der Waals surface area contributed by atoms with Crippen LogP contribution in [0.1, 0.15) is 13.3 Å².